The molecule has 3 nitrogen and oxygen atoms in total. The van der Waals surface area contributed by atoms with Crippen LogP contribution in [0.3, 0.4) is 0 Å². The molecule has 0 saturated carbocycles. The fraction of sp³-hybridized carbons (Fsp3) is 0.125. The average molecular weight is 229 g/mol. The maximum atomic E-state index is 10.4. The normalized spacial score (nSPS) is 9.92. The highest BCUT2D eigenvalue weighted by Gasteiger charge is 2.12. The molecule has 4 heteroatoms. The third-order valence-electron chi connectivity index (χ3n) is 1.70. The third-order valence-corrected chi connectivity index (χ3v) is 2.56. The van der Waals surface area contributed by atoms with Gasteiger partial charge in [-0.15, -0.1) is 0 Å². The molecule has 0 saturated heterocycles. The van der Waals surface area contributed by atoms with Crippen LogP contribution in [0, 0.1) is 24.0 Å². The van der Waals surface area contributed by atoms with Crippen LogP contribution in [0.4, 0.5) is 5.69 Å². The lowest BCUT2D eigenvalue weighted by Crippen LogP contribution is -1.93. The summed E-state index contributed by atoms with van der Waals surface area (Å²) in [4.78, 5) is 10.0. The van der Waals surface area contributed by atoms with E-state index in [0.29, 0.717) is 5.56 Å². The molecular weight excluding hydrogens is 222 g/mol. The Morgan fingerprint density at radius 1 is 1.58 bits per heavy atom. The van der Waals surface area contributed by atoms with E-state index in [-0.39, 0.29) is 5.69 Å². The molecular formula is C8H7BrNO2. The SMILES string of the molecule is [CH2]c1c([N+](=O)[O-])ccc(Br)c1C. The molecule has 1 aromatic rings. The number of rotatable bonds is 1. The molecule has 0 amide bonds. The minimum atomic E-state index is -0.429. The summed E-state index contributed by atoms with van der Waals surface area (Å²) in [6.07, 6.45) is 0. The van der Waals surface area contributed by atoms with E-state index in [0.717, 1.165) is 10.0 Å². The zero-order valence-corrected chi connectivity index (χ0v) is 8.09. The van der Waals surface area contributed by atoms with Crippen LogP contribution in [0.15, 0.2) is 16.6 Å². The average Bonchev–Trinajstić information content (AvgIpc) is 2.00. The molecule has 12 heavy (non-hydrogen) atoms. The molecule has 0 heterocycles. The van der Waals surface area contributed by atoms with Crippen LogP contribution in [0.2, 0.25) is 0 Å². The monoisotopic (exact) mass is 228 g/mol. The van der Waals surface area contributed by atoms with Crippen molar-refractivity contribution in [1.82, 2.24) is 0 Å². The fourth-order valence-electron chi connectivity index (χ4n) is 0.885. The van der Waals surface area contributed by atoms with Gasteiger partial charge in [0.25, 0.3) is 5.69 Å². The van der Waals surface area contributed by atoms with Gasteiger partial charge in [0.15, 0.2) is 0 Å². The topological polar surface area (TPSA) is 43.1 Å². The molecule has 0 N–H and O–H groups in total. The summed E-state index contributed by atoms with van der Waals surface area (Å²) < 4.78 is 0.845. The molecule has 0 atom stereocenters. The summed E-state index contributed by atoms with van der Waals surface area (Å²) in [5, 5.41) is 10.4. The molecule has 0 aliphatic rings. The van der Waals surface area contributed by atoms with Crippen molar-refractivity contribution in [3.05, 3.63) is 44.8 Å². The van der Waals surface area contributed by atoms with Crippen LogP contribution >= 0.6 is 15.9 Å². The van der Waals surface area contributed by atoms with Gasteiger partial charge in [0, 0.05) is 16.1 Å². The lowest BCUT2D eigenvalue weighted by atomic mass is 10.1. The first-order valence-corrected chi connectivity index (χ1v) is 4.08. The Hall–Kier alpha value is -0.900. The van der Waals surface area contributed by atoms with E-state index in [4.69, 9.17) is 0 Å². The molecule has 1 rings (SSSR count). The van der Waals surface area contributed by atoms with Crippen molar-refractivity contribution >= 4 is 21.6 Å². The van der Waals surface area contributed by atoms with E-state index in [9.17, 15) is 10.1 Å². The van der Waals surface area contributed by atoms with Gasteiger partial charge in [0.05, 0.1) is 4.92 Å². The van der Waals surface area contributed by atoms with Crippen molar-refractivity contribution in [3.8, 4) is 0 Å². The summed E-state index contributed by atoms with van der Waals surface area (Å²) >= 11 is 3.27. The highest BCUT2D eigenvalue weighted by Crippen LogP contribution is 2.26. The number of hydrogen-bond donors (Lipinski definition) is 0. The molecule has 63 valence electrons. The van der Waals surface area contributed by atoms with Crippen LogP contribution in [0.25, 0.3) is 0 Å². The zero-order chi connectivity index (χ0) is 9.30. The number of nitro benzene ring substituents is 1. The quantitative estimate of drug-likeness (QED) is 0.548. The Bertz CT molecular complexity index is 336. The summed E-state index contributed by atoms with van der Waals surface area (Å²) in [5.41, 5.74) is 1.34. The molecule has 1 radical (unpaired) electrons. The van der Waals surface area contributed by atoms with Crippen molar-refractivity contribution in [2.24, 2.45) is 0 Å². The van der Waals surface area contributed by atoms with Crippen molar-refractivity contribution in [1.29, 1.82) is 0 Å². The maximum absolute atomic E-state index is 10.4. The van der Waals surface area contributed by atoms with Crippen LogP contribution in [0.1, 0.15) is 11.1 Å². The van der Waals surface area contributed by atoms with E-state index < -0.39 is 4.92 Å². The molecule has 0 spiro atoms. The molecule has 0 bridgehead atoms. The minimum Gasteiger partial charge on any atom is -0.258 e. The highest BCUT2D eigenvalue weighted by atomic mass is 79.9. The minimum absolute atomic E-state index is 0.0655. The smallest absolute Gasteiger partial charge is 0.258 e. The van der Waals surface area contributed by atoms with E-state index in [1.807, 2.05) is 0 Å². The third kappa shape index (κ3) is 1.48. The van der Waals surface area contributed by atoms with Gasteiger partial charge in [0.2, 0.25) is 0 Å². The van der Waals surface area contributed by atoms with E-state index in [1.165, 1.54) is 6.07 Å². The van der Waals surface area contributed by atoms with E-state index >= 15 is 0 Å². The van der Waals surface area contributed by atoms with Crippen LogP contribution < -0.4 is 0 Å². The predicted molar refractivity (Wildman–Crippen MR) is 50.0 cm³/mol. The van der Waals surface area contributed by atoms with Gasteiger partial charge >= 0.3 is 0 Å². The van der Waals surface area contributed by atoms with Crippen molar-refractivity contribution in [2.75, 3.05) is 0 Å². The van der Waals surface area contributed by atoms with Crippen LogP contribution in [-0.2, 0) is 0 Å². The first kappa shape index (κ1) is 9.19. The molecule has 1 aromatic carbocycles. The standard InChI is InChI=1S/C8H7BrNO2/c1-5-6(2)8(10(11)12)4-3-7(5)9/h3-4H,2H2,1H3. The second kappa shape index (κ2) is 3.23. The lowest BCUT2D eigenvalue weighted by Gasteiger charge is -2.02. The predicted octanol–water partition coefficient (Wildman–Crippen LogP) is 2.85. The Morgan fingerprint density at radius 3 is 2.67 bits per heavy atom. The number of benzene rings is 1. The van der Waals surface area contributed by atoms with Gasteiger partial charge in [-0.05, 0) is 25.5 Å². The van der Waals surface area contributed by atoms with Gasteiger partial charge < -0.3 is 0 Å². The zero-order valence-electron chi connectivity index (χ0n) is 6.50. The van der Waals surface area contributed by atoms with E-state index in [2.05, 4.69) is 22.9 Å². The Morgan fingerprint density at radius 2 is 2.17 bits per heavy atom. The molecule has 0 aromatic heterocycles. The second-order valence-corrected chi connectivity index (χ2v) is 3.28. The summed E-state index contributed by atoms with van der Waals surface area (Å²) in [6.45, 7) is 5.42. The summed E-state index contributed by atoms with van der Waals surface area (Å²) in [7, 11) is 0. The maximum Gasteiger partial charge on any atom is 0.272 e. The molecule has 0 aliphatic carbocycles. The second-order valence-electron chi connectivity index (χ2n) is 2.43. The number of hydrogen-bond acceptors (Lipinski definition) is 2. The Kier molecular flexibility index (Phi) is 2.47. The number of nitrogens with zero attached hydrogens (tertiary/aromatic N) is 1. The summed E-state index contributed by atoms with van der Waals surface area (Å²) in [5.74, 6) is 0. The van der Waals surface area contributed by atoms with E-state index in [1.54, 1.807) is 13.0 Å². The number of halogens is 1. The Balaban J connectivity index is 3.36. The van der Waals surface area contributed by atoms with Crippen LogP contribution in [-0.4, -0.2) is 4.92 Å². The van der Waals surface area contributed by atoms with Crippen LogP contribution in [0.5, 0.6) is 0 Å². The van der Waals surface area contributed by atoms with Gasteiger partial charge in [-0.1, -0.05) is 15.9 Å². The summed E-state index contributed by atoms with van der Waals surface area (Å²) in [6, 6.07) is 3.10. The van der Waals surface area contributed by atoms with Crippen molar-refractivity contribution in [2.45, 2.75) is 6.92 Å². The molecule has 0 unspecified atom stereocenters. The molecule has 0 aliphatic heterocycles. The first-order valence-electron chi connectivity index (χ1n) is 3.29. The van der Waals surface area contributed by atoms with Gasteiger partial charge in [-0.3, -0.25) is 10.1 Å². The van der Waals surface area contributed by atoms with Crippen molar-refractivity contribution < 1.29 is 4.92 Å². The first-order chi connectivity index (χ1) is 5.54. The van der Waals surface area contributed by atoms with Gasteiger partial charge in [0.1, 0.15) is 0 Å². The van der Waals surface area contributed by atoms with Crippen molar-refractivity contribution in [3.63, 3.8) is 0 Å². The Labute approximate surface area is 78.7 Å². The molecule has 0 fully saturated rings. The number of nitro groups is 1. The van der Waals surface area contributed by atoms with Gasteiger partial charge in [-0.25, -0.2) is 0 Å². The van der Waals surface area contributed by atoms with Gasteiger partial charge in [-0.2, -0.15) is 0 Å². The highest BCUT2D eigenvalue weighted by molar-refractivity contribution is 9.10. The lowest BCUT2D eigenvalue weighted by molar-refractivity contribution is -0.385. The fourth-order valence-corrected chi connectivity index (χ4v) is 1.26. The largest absolute Gasteiger partial charge is 0.272 e.